The molecule has 0 spiro atoms. The van der Waals surface area contributed by atoms with Gasteiger partial charge < -0.3 is 0 Å². The van der Waals surface area contributed by atoms with E-state index in [1.807, 2.05) is 6.20 Å². The van der Waals surface area contributed by atoms with Crippen molar-refractivity contribution >= 4 is 27.3 Å². The summed E-state index contributed by atoms with van der Waals surface area (Å²) in [5.41, 5.74) is 4.72. The average Bonchev–Trinajstić information content (AvgIpc) is 2.96. The van der Waals surface area contributed by atoms with E-state index in [-0.39, 0.29) is 0 Å². The van der Waals surface area contributed by atoms with Crippen molar-refractivity contribution in [2.24, 2.45) is 0 Å². The smallest absolute Gasteiger partial charge is 0.108 e. The second-order valence-electron chi connectivity index (χ2n) is 5.01. The molecule has 0 atom stereocenters. The summed E-state index contributed by atoms with van der Waals surface area (Å²) in [6, 6.07) is 8.39. The molecule has 0 radical (unpaired) electrons. The highest BCUT2D eigenvalue weighted by Crippen LogP contribution is 2.27. The fourth-order valence-corrected chi connectivity index (χ4v) is 3.49. The Morgan fingerprint density at radius 3 is 2.65 bits per heavy atom. The fraction of sp³-hybridized carbons (Fsp3) is 0.400. The molecule has 1 saturated heterocycles. The van der Waals surface area contributed by atoms with E-state index in [2.05, 4.69) is 55.6 Å². The van der Waals surface area contributed by atoms with Crippen molar-refractivity contribution in [3.63, 3.8) is 0 Å². The molecule has 0 unspecified atom stereocenters. The monoisotopic (exact) mass is 351 g/mol. The number of halogens is 1. The van der Waals surface area contributed by atoms with E-state index in [1.54, 1.807) is 11.3 Å². The van der Waals surface area contributed by atoms with E-state index in [1.165, 1.54) is 29.7 Å². The van der Waals surface area contributed by atoms with E-state index >= 15 is 0 Å². The number of rotatable bonds is 4. The Morgan fingerprint density at radius 2 is 1.90 bits per heavy atom. The molecule has 0 bridgehead atoms. The maximum Gasteiger partial charge on any atom is 0.108 e. The van der Waals surface area contributed by atoms with E-state index in [9.17, 15) is 0 Å². The molecule has 5 heteroatoms. The molecule has 3 nitrogen and oxygen atoms in total. The topological polar surface area (TPSA) is 28.2 Å². The summed E-state index contributed by atoms with van der Waals surface area (Å²) in [6.45, 7) is 3.15. The first kappa shape index (κ1) is 14.2. The molecule has 1 aliphatic rings. The van der Waals surface area contributed by atoms with E-state index < -0.39 is 0 Å². The third-order valence-corrected chi connectivity index (χ3v) is 5.07. The van der Waals surface area contributed by atoms with Crippen LogP contribution in [0.15, 0.2) is 34.9 Å². The molecule has 1 aliphatic heterocycles. The summed E-state index contributed by atoms with van der Waals surface area (Å²) in [5.74, 6) is 0. The molecule has 2 heterocycles. The summed E-state index contributed by atoms with van der Waals surface area (Å²) in [5, 5.41) is 3.47. The average molecular weight is 352 g/mol. The Morgan fingerprint density at radius 1 is 1.15 bits per heavy atom. The number of hydrazine groups is 1. The molecular weight excluding hydrogens is 334 g/mol. The van der Waals surface area contributed by atoms with Crippen molar-refractivity contribution in [2.75, 3.05) is 13.1 Å². The quantitative estimate of drug-likeness (QED) is 0.899. The zero-order chi connectivity index (χ0) is 13.8. The highest BCUT2D eigenvalue weighted by molar-refractivity contribution is 9.10. The van der Waals surface area contributed by atoms with Gasteiger partial charge in [0, 0.05) is 23.8 Å². The van der Waals surface area contributed by atoms with Gasteiger partial charge in [-0.05, 0) is 30.5 Å². The minimum atomic E-state index is 0.835. The maximum atomic E-state index is 4.52. The zero-order valence-corrected chi connectivity index (χ0v) is 13.7. The maximum absolute atomic E-state index is 4.52. The molecule has 1 fully saturated rings. The lowest BCUT2D eigenvalue weighted by molar-refractivity contribution is 0.151. The number of nitrogens with zero attached hydrogens (tertiary/aromatic N) is 2. The van der Waals surface area contributed by atoms with Crippen molar-refractivity contribution in [3.05, 3.63) is 39.9 Å². The van der Waals surface area contributed by atoms with Crippen LogP contribution in [0.4, 0.5) is 0 Å². The van der Waals surface area contributed by atoms with Gasteiger partial charge in [-0.2, -0.15) is 0 Å². The molecular formula is C15H18BrN3S. The summed E-state index contributed by atoms with van der Waals surface area (Å²) in [7, 11) is 0. The Bertz CT molecular complexity index is 547. The molecule has 106 valence electrons. The first-order chi connectivity index (χ1) is 9.81. The third kappa shape index (κ3) is 3.67. The Labute approximate surface area is 132 Å². The van der Waals surface area contributed by atoms with Gasteiger partial charge in [-0.25, -0.2) is 15.4 Å². The van der Waals surface area contributed by atoms with Crippen molar-refractivity contribution < 1.29 is 0 Å². The number of thiazole rings is 1. The SMILES string of the molecule is Brc1ccc(-c2cnc(CNN3CCCCC3)s2)cc1. The molecule has 0 aliphatic carbocycles. The van der Waals surface area contributed by atoms with Crippen LogP contribution in [0.2, 0.25) is 0 Å². The minimum absolute atomic E-state index is 0.835. The van der Waals surface area contributed by atoms with Crippen molar-refractivity contribution in [2.45, 2.75) is 25.8 Å². The van der Waals surface area contributed by atoms with Gasteiger partial charge in [-0.3, -0.25) is 0 Å². The van der Waals surface area contributed by atoms with Crippen molar-refractivity contribution in [1.82, 2.24) is 15.4 Å². The summed E-state index contributed by atoms with van der Waals surface area (Å²) in [4.78, 5) is 5.75. The van der Waals surface area contributed by atoms with Crippen LogP contribution in [-0.2, 0) is 6.54 Å². The molecule has 0 amide bonds. The van der Waals surface area contributed by atoms with Gasteiger partial charge >= 0.3 is 0 Å². The van der Waals surface area contributed by atoms with Crippen LogP contribution in [0.3, 0.4) is 0 Å². The van der Waals surface area contributed by atoms with Gasteiger partial charge in [0.25, 0.3) is 0 Å². The lowest BCUT2D eigenvalue weighted by Gasteiger charge is -2.26. The number of piperidine rings is 1. The van der Waals surface area contributed by atoms with Crippen molar-refractivity contribution in [3.8, 4) is 10.4 Å². The van der Waals surface area contributed by atoms with E-state index in [0.717, 1.165) is 29.1 Å². The predicted octanol–water partition coefficient (Wildman–Crippen LogP) is 4.06. The normalized spacial score (nSPS) is 16.4. The van der Waals surface area contributed by atoms with Crippen LogP contribution in [0.25, 0.3) is 10.4 Å². The van der Waals surface area contributed by atoms with Crippen molar-refractivity contribution in [1.29, 1.82) is 0 Å². The molecule has 20 heavy (non-hydrogen) atoms. The lowest BCUT2D eigenvalue weighted by Crippen LogP contribution is -2.41. The second kappa shape index (κ2) is 6.80. The minimum Gasteiger partial charge on any atom is -0.248 e. The number of hydrogen-bond donors (Lipinski definition) is 1. The first-order valence-corrected chi connectivity index (χ1v) is 8.61. The Balaban J connectivity index is 1.60. The third-order valence-electron chi connectivity index (χ3n) is 3.49. The van der Waals surface area contributed by atoms with Gasteiger partial charge in [0.15, 0.2) is 0 Å². The molecule has 3 rings (SSSR count). The number of benzene rings is 1. The summed E-state index contributed by atoms with van der Waals surface area (Å²) >= 11 is 5.23. The van der Waals surface area contributed by atoms with Crippen LogP contribution in [-0.4, -0.2) is 23.1 Å². The number of hydrogen-bond acceptors (Lipinski definition) is 4. The highest BCUT2D eigenvalue weighted by Gasteiger charge is 2.10. The number of aromatic nitrogens is 1. The largest absolute Gasteiger partial charge is 0.248 e. The number of nitrogens with one attached hydrogen (secondary N) is 1. The Hall–Kier alpha value is -0.750. The fourth-order valence-electron chi connectivity index (χ4n) is 2.37. The molecule has 2 aromatic rings. The lowest BCUT2D eigenvalue weighted by atomic mass is 10.2. The van der Waals surface area contributed by atoms with E-state index in [4.69, 9.17) is 0 Å². The van der Waals surface area contributed by atoms with Crippen LogP contribution in [0.5, 0.6) is 0 Å². The van der Waals surface area contributed by atoms with Gasteiger partial charge in [0.1, 0.15) is 5.01 Å². The van der Waals surface area contributed by atoms with Crippen LogP contribution >= 0.6 is 27.3 Å². The zero-order valence-electron chi connectivity index (χ0n) is 11.3. The highest BCUT2D eigenvalue weighted by atomic mass is 79.9. The standard InChI is InChI=1S/C15H18BrN3S/c16-13-6-4-12(5-7-13)14-10-17-15(20-14)11-18-19-8-2-1-3-9-19/h4-7,10,18H,1-3,8-9,11H2. The van der Waals surface area contributed by atoms with Crippen LogP contribution in [0.1, 0.15) is 24.3 Å². The van der Waals surface area contributed by atoms with Gasteiger partial charge in [0.2, 0.25) is 0 Å². The first-order valence-electron chi connectivity index (χ1n) is 7.00. The van der Waals surface area contributed by atoms with E-state index in [0.29, 0.717) is 0 Å². The molecule has 1 aromatic carbocycles. The second-order valence-corrected chi connectivity index (χ2v) is 7.04. The molecule has 1 aromatic heterocycles. The van der Waals surface area contributed by atoms with Gasteiger partial charge in [0.05, 0.1) is 11.4 Å². The van der Waals surface area contributed by atoms with Crippen LogP contribution in [0, 0.1) is 0 Å². The Kier molecular flexibility index (Phi) is 4.83. The predicted molar refractivity (Wildman–Crippen MR) is 87.5 cm³/mol. The molecule has 0 saturated carbocycles. The van der Waals surface area contributed by atoms with Crippen LogP contribution < -0.4 is 5.43 Å². The summed E-state index contributed by atoms with van der Waals surface area (Å²) in [6.07, 6.45) is 5.94. The van der Waals surface area contributed by atoms with Gasteiger partial charge in [-0.1, -0.05) is 34.5 Å². The van der Waals surface area contributed by atoms with Gasteiger partial charge in [-0.15, -0.1) is 11.3 Å². The molecule has 1 N–H and O–H groups in total. The summed E-state index contributed by atoms with van der Waals surface area (Å²) < 4.78 is 1.11.